The fourth-order valence-corrected chi connectivity index (χ4v) is 5.02. The van der Waals surface area contributed by atoms with E-state index in [4.69, 9.17) is 14.6 Å². The number of nitrogens with one attached hydrogen (secondary N) is 1. The second kappa shape index (κ2) is 7.19. The molecule has 1 aromatic rings. The van der Waals surface area contributed by atoms with Crippen LogP contribution in [0.5, 0.6) is 5.75 Å². The van der Waals surface area contributed by atoms with Crippen LogP contribution in [0, 0.1) is 5.92 Å². The Morgan fingerprint density at radius 3 is 2.76 bits per heavy atom. The van der Waals surface area contributed by atoms with E-state index < -0.39 is 16.2 Å². The fraction of sp³-hybridized carbons (Fsp3) is 0.562. The number of carboxylic acids is 1. The average molecular weight is 370 g/mol. The first-order valence-corrected chi connectivity index (χ1v) is 9.63. The molecule has 9 heteroatoms. The number of anilines is 1. The molecule has 2 bridgehead atoms. The monoisotopic (exact) mass is 370 g/mol. The number of carboxylic acid groups (broad SMARTS) is 1. The van der Waals surface area contributed by atoms with E-state index in [0.717, 1.165) is 19.3 Å². The Balaban J connectivity index is 1.81. The first kappa shape index (κ1) is 18.0. The highest BCUT2D eigenvalue weighted by Crippen LogP contribution is 2.39. The van der Waals surface area contributed by atoms with Gasteiger partial charge in [0.2, 0.25) is 0 Å². The summed E-state index contributed by atoms with van der Waals surface area (Å²) in [7, 11) is -2.19. The molecule has 1 aliphatic carbocycles. The number of piperidine rings is 1. The van der Waals surface area contributed by atoms with Crippen molar-refractivity contribution in [1.29, 1.82) is 0 Å². The van der Waals surface area contributed by atoms with Crippen LogP contribution in [0.15, 0.2) is 18.2 Å². The number of nitrogens with zero attached hydrogens (tertiary/aromatic N) is 1. The van der Waals surface area contributed by atoms with Gasteiger partial charge in [0.1, 0.15) is 12.4 Å². The van der Waals surface area contributed by atoms with Gasteiger partial charge in [-0.05, 0) is 43.4 Å². The second-order valence-electron chi connectivity index (χ2n) is 6.37. The molecule has 2 N–H and O–H groups in total. The molecule has 3 rings (SSSR count). The van der Waals surface area contributed by atoms with Crippen molar-refractivity contribution in [3.8, 4) is 5.75 Å². The van der Waals surface area contributed by atoms with Gasteiger partial charge in [-0.1, -0.05) is 0 Å². The molecule has 2 unspecified atom stereocenters. The van der Waals surface area contributed by atoms with Gasteiger partial charge in [-0.3, -0.25) is 4.72 Å². The van der Waals surface area contributed by atoms with Crippen LogP contribution >= 0.6 is 0 Å². The minimum Gasteiger partial charge on any atom is -0.489 e. The van der Waals surface area contributed by atoms with Gasteiger partial charge in [-0.25, -0.2) is 4.79 Å². The van der Waals surface area contributed by atoms with Gasteiger partial charge in [0, 0.05) is 19.7 Å². The van der Waals surface area contributed by atoms with Crippen molar-refractivity contribution >= 4 is 21.9 Å². The van der Waals surface area contributed by atoms with Crippen LogP contribution in [-0.2, 0) is 14.9 Å². The van der Waals surface area contributed by atoms with Gasteiger partial charge in [0.25, 0.3) is 0 Å². The molecule has 2 atom stereocenters. The number of ether oxygens (including phenoxy) is 2. The Bertz CT molecular complexity index is 751. The smallest absolute Gasteiger partial charge is 0.335 e. The van der Waals surface area contributed by atoms with Crippen molar-refractivity contribution < 1.29 is 27.8 Å². The highest BCUT2D eigenvalue weighted by Gasteiger charge is 2.44. The lowest BCUT2D eigenvalue weighted by Gasteiger charge is -2.27. The summed E-state index contributed by atoms with van der Waals surface area (Å²) in [6, 6.07) is 4.13. The SMILES string of the molecule is COCCOc1cc(C(=O)O)ccc1NS(=O)(=O)N1CC2CCC1C2. The van der Waals surface area contributed by atoms with E-state index in [1.54, 1.807) is 0 Å². The Labute approximate surface area is 146 Å². The molecular formula is C16H22N2O6S. The van der Waals surface area contributed by atoms with Crippen LogP contribution in [0.3, 0.4) is 0 Å². The van der Waals surface area contributed by atoms with Gasteiger partial charge in [-0.2, -0.15) is 12.7 Å². The Kier molecular flexibility index (Phi) is 5.16. The number of carbonyl (C=O) groups is 1. The van der Waals surface area contributed by atoms with Crippen molar-refractivity contribution in [3.63, 3.8) is 0 Å². The molecule has 0 aromatic heterocycles. The maximum absolute atomic E-state index is 12.7. The molecule has 138 valence electrons. The number of fused-ring (bicyclic) bond motifs is 2. The molecule has 1 heterocycles. The van der Waals surface area contributed by atoms with E-state index in [0.29, 0.717) is 19.1 Å². The summed E-state index contributed by atoms with van der Waals surface area (Å²) in [6.07, 6.45) is 2.88. The van der Waals surface area contributed by atoms with Gasteiger partial charge < -0.3 is 14.6 Å². The third-order valence-corrected chi connectivity index (χ3v) is 6.22. The predicted octanol–water partition coefficient (Wildman–Crippen LogP) is 1.55. The molecule has 0 amide bonds. The van der Waals surface area contributed by atoms with E-state index in [1.165, 1.54) is 29.6 Å². The van der Waals surface area contributed by atoms with Crippen molar-refractivity contribution in [2.24, 2.45) is 5.92 Å². The third-order valence-electron chi connectivity index (χ3n) is 4.68. The number of methoxy groups -OCH3 is 1. The van der Waals surface area contributed by atoms with E-state index in [9.17, 15) is 13.2 Å². The Morgan fingerprint density at radius 1 is 1.36 bits per heavy atom. The zero-order chi connectivity index (χ0) is 18.0. The summed E-state index contributed by atoms with van der Waals surface area (Å²) < 4.78 is 39.9. The first-order chi connectivity index (χ1) is 11.9. The van der Waals surface area contributed by atoms with E-state index >= 15 is 0 Å². The summed E-state index contributed by atoms with van der Waals surface area (Å²) in [5, 5.41) is 9.12. The van der Waals surface area contributed by atoms with Crippen molar-refractivity contribution in [2.45, 2.75) is 25.3 Å². The maximum atomic E-state index is 12.7. The normalized spacial score (nSPS) is 22.9. The van der Waals surface area contributed by atoms with Gasteiger partial charge in [0.05, 0.1) is 17.9 Å². The number of hydrogen-bond acceptors (Lipinski definition) is 5. The zero-order valence-corrected chi connectivity index (χ0v) is 14.8. The lowest BCUT2D eigenvalue weighted by Crippen LogP contribution is -2.41. The predicted molar refractivity (Wildman–Crippen MR) is 91.1 cm³/mol. The largest absolute Gasteiger partial charge is 0.489 e. The van der Waals surface area contributed by atoms with Crippen molar-refractivity contribution in [3.05, 3.63) is 23.8 Å². The Morgan fingerprint density at radius 2 is 2.16 bits per heavy atom. The maximum Gasteiger partial charge on any atom is 0.335 e. The van der Waals surface area contributed by atoms with Crippen molar-refractivity contribution in [1.82, 2.24) is 4.31 Å². The summed E-state index contributed by atoms with van der Waals surface area (Å²) in [4.78, 5) is 11.1. The minimum atomic E-state index is -3.71. The molecule has 1 saturated heterocycles. The van der Waals surface area contributed by atoms with Gasteiger partial charge in [0.15, 0.2) is 0 Å². The Hall–Kier alpha value is -1.84. The zero-order valence-electron chi connectivity index (χ0n) is 14.0. The molecular weight excluding hydrogens is 348 g/mol. The quantitative estimate of drug-likeness (QED) is 0.673. The molecule has 25 heavy (non-hydrogen) atoms. The number of aromatic carboxylic acids is 1. The highest BCUT2D eigenvalue weighted by molar-refractivity contribution is 7.90. The van der Waals surface area contributed by atoms with Crippen molar-refractivity contribution in [2.75, 3.05) is 31.6 Å². The van der Waals surface area contributed by atoms with E-state index in [-0.39, 0.29) is 29.6 Å². The third kappa shape index (κ3) is 3.88. The standard InChI is InChI=1S/C16H22N2O6S/c1-23-6-7-24-15-9-12(16(19)20)3-5-14(15)17-25(21,22)18-10-11-2-4-13(18)8-11/h3,5,9,11,13,17H,2,4,6-8,10H2,1H3,(H,19,20). The van der Waals surface area contributed by atoms with Crippen LogP contribution in [0.4, 0.5) is 5.69 Å². The molecule has 1 aromatic carbocycles. The van der Waals surface area contributed by atoms with Crippen LogP contribution in [0.25, 0.3) is 0 Å². The van der Waals surface area contributed by atoms with Crippen LogP contribution in [0.1, 0.15) is 29.6 Å². The summed E-state index contributed by atoms with van der Waals surface area (Å²) in [5.41, 5.74) is 0.250. The second-order valence-corrected chi connectivity index (χ2v) is 7.99. The molecule has 1 aliphatic heterocycles. The first-order valence-electron chi connectivity index (χ1n) is 8.19. The van der Waals surface area contributed by atoms with Gasteiger partial charge in [-0.15, -0.1) is 0 Å². The number of hydrogen-bond donors (Lipinski definition) is 2. The number of benzene rings is 1. The van der Waals surface area contributed by atoms with Crippen LogP contribution < -0.4 is 9.46 Å². The molecule has 2 fully saturated rings. The average Bonchev–Trinajstić information content (AvgIpc) is 3.19. The lowest BCUT2D eigenvalue weighted by atomic mass is 10.1. The molecule has 0 spiro atoms. The molecule has 8 nitrogen and oxygen atoms in total. The highest BCUT2D eigenvalue weighted by atomic mass is 32.2. The molecule has 1 saturated carbocycles. The van der Waals surface area contributed by atoms with E-state index in [2.05, 4.69) is 4.72 Å². The number of rotatable bonds is 8. The topological polar surface area (TPSA) is 105 Å². The molecule has 0 radical (unpaired) electrons. The fourth-order valence-electron chi connectivity index (χ4n) is 3.47. The summed E-state index contributed by atoms with van der Waals surface area (Å²) in [6.45, 7) is 1.02. The van der Waals surface area contributed by atoms with Crippen LogP contribution in [0.2, 0.25) is 0 Å². The summed E-state index contributed by atoms with van der Waals surface area (Å²) >= 11 is 0. The van der Waals surface area contributed by atoms with E-state index in [1.807, 2.05) is 0 Å². The molecule has 2 aliphatic rings. The minimum absolute atomic E-state index is 0.0237. The lowest BCUT2D eigenvalue weighted by molar-refractivity contribution is 0.0696. The van der Waals surface area contributed by atoms with Crippen LogP contribution in [-0.4, -0.2) is 56.7 Å². The summed E-state index contributed by atoms with van der Waals surface area (Å²) in [5.74, 6) is -0.499. The van der Waals surface area contributed by atoms with Gasteiger partial charge >= 0.3 is 16.2 Å².